The van der Waals surface area contributed by atoms with E-state index in [9.17, 15) is 22.8 Å². The summed E-state index contributed by atoms with van der Waals surface area (Å²) in [5, 5.41) is 3.86. The van der Waals surface area contributed by atoms with Gasteiger partial charge in [0.1, 0.15) is 11.5 Å². The third-order valence-corrected chi connectivity index (χ3v) is 5.43. The zero-order valence-electron chi connectivity index (χ0n) is 19.3. The van der Waals surface area contributed by atoms with Crippen molar-refractivity contribution in [2.75, 3.05) is 11.9 Å². The highest BCUT2D eigenvalue weighted by atomic mass is 19.4. The quantitative estimate of drug-likeness (QED) is 0.348. The molecule has 3 aromatic carbocycles. The molecule has 0 aliphatic rings. The van der Waals surface area contributed by atoms with Gasteiger partial charge in [-0.2, -0.15) is 0 Å². The van der Waals surface area contributed by atoms with Crippen molar-refractivity contribution < 1.29 is 27.4 Å². The molecule has 1 aromatic heterocycles. The maximum atomic E-state index is 13.1. The second-order valence-electron chi connectivity index (χ2n) is 7.97. The number of pyridine rings is 1. The number of nitrogens with zero attached hydrogens (tertiary/aromatic N) is 1. The van der Waals surface area contributed by atoms with Crippen LogP contribution in [0.5, 0.6) is 11.5 Å². The molecule has 1 N–H and O–H groups in total. The lowest BCUT2D eigenvalue weighted by molar-refractivity contribution is -0.274. The Morgan fingerprint density at radius 3 is 2.42 bits per heavy atom. The molecule has 0 spiro atoms. The van der Waals surface area contributed by atoms with E-state index in [0.717, 1.165) is 5.56 Å². The van der Waals surface area contributed by atoms with E-state index in [1.807, 2.05) is 31.2 Å². The van der Waals surface area contributed by atoms with Gasteiger partial charge in [-0.1, -0.05) is 36.4 Å². The number of carbonyl (C=O) groups excluding carboxylic acids is 1. The van der Waals surface area contributed by atoms with Crippen LogP contribution in [0.4, 0.5) is 18.9 Å². The topological polar surface area (TPSA) is 69.6 Å². The van der Waals surface area contributed by atoms with E-state index in [0.29, 0.717) is 34.4 Å². The molecule has 0 saturated carbocycles. The minimum atomic E-state index is -4.77. The van der Waals surface area contributed by atoms with E-state index in [1.165, 1.54) is 28.8 Å². The lowest BCUT2D eigenvalue weighted by Crippen LogP contribution is -2.21. The van der Waals surface area contributed by atoms with Crippen molar-refractivity contribution in [3.8, 4) is 11.5 Å². The van der Waals surface area contributed by atoms with E-state index in [4.69, 9.17) is 4.74 Å². The molecule has 0 unspecified atom stereocenters. The van der Waals surface area contributed by atoms with Crippen molar-refractivity contribution in [2.45, 2.75) is 26.3 Å². The maximum Gasteiger partial charge on any atom is 0.573 e. The van der Waals surface area contributed by atoms with Gasteiger partial charge in [-0.05, 0) is 48.9 Å². The van der Waals surface area contributed by atoms with Gasteiger partial charge >= 0.3 is 6.36 Å². The van der Waals surface area contributed by atoms with Crippen LogP contribution in [0.2, 0.25) is 0 Å². The fourth-order valence-electron chi connectivity index (χ4n) is 3.86. The first kappa shape index (κ1) is 24.8. The first-order chi connectivity index (χ1) is 17.2. The number of alkyl halides is 3. The number of nitrogens with one attached hydrogen (secondary N) is 1. The number of benzene rings is 3. The number of rotatable bonds is 8. The summed E-state index contributed by atoms with van der Waals surface area (Å²) in [5.41, 5.74) is 1.60. The zero-order chi connectivity index (χ0) is 25.7. The molecule has 6 nitrogen and oxygen atoms in total. The number of hydrogen-bond donors (Lipinski definition) is 1. The van der Waals surface area contributed by atoms with Crippen LogP contribution < -0.4 is 20.3 Å². The largest absolute Gasteiger partial charge is 0.573 e. The fraction of sp³-hybridized carbons (Fsp3) is 0.185. The van der Waals surface area contributed by atoms with Crippen LogP contribution in [-0.4, -0.2) is 23.4 Å². The van der Waals surface area contributed by atoms with Crippen molar-refractivity contribution in [1.82, 2.24) is 4.57 Å². The molecule has 0 aliphatic carbocycles. The molecule has 36 heavy (non-hydrogen) atoms. The predicted octanol–water partition coefficient (Wildman–Crippen LogP) is 5.53. The maximum absolute atomic E-state index is 13.1. The number of anilines is 1. The SMILES string of the molecule is CCOc1ccccc1CC(=O)Nc1cccc2c(=O)n(Cc3ccc(OC(F)(F)F)cc3)ccc12. The Hall–Kier alpha value is -4.27. The van der Waals surface area contributed by atoms with Gasteiger partial charge in [-0.15, -0.1) is 13.2 Å². The zero-order valence-corrected chi connectivity index (χ0v) is 19.3. The van der Waals surface area contributed by atoms with E-state index in [-0.39, 0.29) is 30.2 Å². The van der Waals surface area contributed by atoms with E-state index in [1.54, 1.807) is 30.5 Å². The van der Waals surface area contributed by atoms with Crippen LogP contribution in [0.1, 0.15) is 18.1 Å². The number of fused-ring (bicyclic) bond motifs is 1. The number of hydrogen-bond acceptors (Lipinski definition) is 4. The minimum Gasteiger partial charge on any atom is -0.494 e. The molecule has 0 fully saturated rings. The summed E-state index contributed by atoms with van der Waals surface area (Å²) in [4.78, 5) is 25.9. The highest BCUT2D eigenvalue weighted by Gasteiger charge is 2.30. The van der Waals surface area contributed by atoms with Gasteiger partial charge in [0.15, 0.2) is 0 Å². The van der Waals surface area contributed by atoms with E-state index in [2.05, 4.69) is 10.1 Å². The molecule has 4 rings (SSSR count). The summed E-state index contributed by atoms with van der Waals surface area (Å²) in [6, 6.07) is 19.4. The third kappa shape index (κ3) is 6.04. The molecule has 9 heteroatoms. The molecule has 0 bridgehead atoms. The van der Waals surface area contributed by atoms with Gasteiger partial charge in [0.2, 0.25) is 5.91 Å². The van der Waals surface area contributed by atoms with Gasteiger partial charge < -0.3 is 19.4 Å². The van der Waals surface area contributed by atoms with Crippen LogP contribution in [0, 0.1) is 0 Å². The van der Waals surface area contributed by atoms with Gasteiger partial charge in [0.05, 0.1) is 19.6 Å². The van der Waals surface area contributed by atoms with Crippen molar-refractivity contribution in [1.29, 1.82) is 0 Å². The van der Waals surface area contributed by atoms with Gasteiger partial charge in [-0.3, -0.25) is 9.59 Å². The average molecular weight is 496 g/mol. The molecular formula is C27H23F3N2O4. The van der Waals surface area contributed by atoms with Crippen molar-refractivity contribution >= 4 is 22.4 Å². The number of halogens is 3. The van der Waals surface area contributed by atoms with Crippen LogP contribution in [0.25, 0.3) is 10.8 Å². The summed E-state index contributed by atoms with van der Waals surface area (Å²) >= 11 is 0. The molecule has 0 aliphatic heterocycles. The Morgan fingerprint density at radius 2 is 1.69 bits per heavy atom. The molecule has 0 atom stereocenters. The molecule has 1 heterocycles. The summed E-state index contributed by atoms with van der Waals surface area (Å²) < 4.78 is 48.0. The normalized spacial score (nSPS) is 11.3. The first-order valence-corrected chi connectivity index (χ1v) is 11.2. The van der Waals surface area contributed by atoms with Crippen LogP contribution >= 0.6 is 0 Å². The summed E-state index contributed by atoms with van der Waals surface area (Å²) in [6.07, 6.45) is -3.07. The summed E-state index contributed by atoms with van der Waals surface area (Å²) in [5.74, 6) is 0.0651. The third-order valence-electron chi connectivity index (χ3n) is 5.43. The van der Waals surface area contributed by atoms with Gasteiger partial charge in [0.25, 0.3) is 5.56 Å². The number of carbonyl (C=O) groups is 1. The monoisotopic (exact) mass is 496 g/mol. The second-order valence-corrected chi connectivity index (χ2v) is 7.97. The minimum absolute atomic E-state index is 0.109. The van der Waals surface area contributed by atoms with Crippen LogP contribution in [0.15, 0.2) is 83.8 Å². The molecule has 0 saturated heterocycles. The Bertz CT molecular complexity index is 1430. The summed E-state index contributed by atoms with van der Waals surface area (Å²) in [6.45, 7) is 2.52. The van der Waals surface area contributed by atoms with E-state index < -0.39 is 6.36 Å². The Balaban J connectivity index is 1.52. The highest BCUT2D eigenvalue weighted by Crippen LogP contribution is 2.25. The van der Waals surface area contributed by atoms with Crippen molar-refractivity contribution in [3.63, 3.8) is 0 Å². The fourth-order valence-corrected chi connectivity index (χ4v) is 3.86. The standard InChI is InChI=1S/C27H23F3N2O4/c1-2-35-24-9-4-3-6-19(24)16-25(33)31-23-8-5-7-22-21(23)14-15-32(26(22)34)17-18-10-12-20(13-11-18)36-27(28,29)30/h3-15H,2,16-17H2,1H3,(H,31,33). The first-order valence-electron chi connectivity index (χ1n) is 11.2. The van der Waals surface area contributed by atoms with Crippen LogP contribution in [-0.2, 0) is 17.8 Å². The summed E-state index contributed by atoms with van der Waals surface area (Å²) in [7, 11) is 0. The van der Waals surface area contributed by atoms with Gasteiger partial charge in [0, 0.05) is 28.2 Å². The molecule has 0 radical (unpaired) electrons. The highest BCUT2D eigenvalue weighted by molar-refractivity contribution is 6.02. The molecule has 1 amide bonds. The number of ether oxygens (including phenoxy) is 2. The van der Waals surface area contributed by atoms with Crippen molar-refractivity contribution in [3.05, 3.63) is 100 Å². The Morgan fingerprint density at radius 1 is 0.944 bits per heavy atom. The lowest BCUT2D eigenvalue weighted by Gasteiger charge is -2.13. The van der Waals surface area contributed by atoms with Crippen LogP contribution in [0.3, 0.4) is 0 Å². The lowest BCUT2D eigenvalue weighted by atomic mass is 10.1. The molecular weight excluding hydrogens is 473 g/mol. The number of aromatic nitrogens is 1. The Labute approximate surface area is 204 Å². The predicted molar refractivity (Wildman–Crippen MR) is 130 cm³/mol. The average Bonchev–Trinajstić information content (AvgIpc) is 2.83. The van der Waals surface area contributed by atoms with E-state index >= 15 is 0 Å². The Kier molecular flexibility index (Phi) is 7.28. The smallest absolute Gasteiger partial charge is 0.494 e. The molecule has 4 aromatic rings. The van der Waals surface area contributed by atoms with Gasteiger partial charge in [-0.25, -0.2) is 0 Å². The molecule has 186 valence electrons. The number of para-hydroxylation sites is 1. The second kappa shape index (κ2) is 10.6. The number of amides is 1. The van der Waals surface area contributed by atoms with Crippen molar-refractivity contribution in [2.24, 2.45) is 0 Å².